The molecule has 0 radical (unpaired) electrons. The maximum Gasteiger partial charge on any atom is 0.408 e. The van der Waals surface area contributed by atoms with Gasteiger partial charge >= 0.3 is 6.09 Å². The van der Waals surface area contributed by atoms with Gasteiger partial charge in [-0.15, -0.1) is 0 Å². The highest BCUT2D eigenvalue weighted by molar-refractivity contribution is 5.92. The number of hydrogen-bond acceptors (Lipinski definition) is 4. The van der Waals surface area contributed by atoms with Gasteiger partial charge in [0.05, 0.1) is 6.04 Å². The second-order valence-electron chi connectivity index (χ2n) is 6.28. The largest absolute Gasteiger partial charge is 0.445 e. The highest BCUT2D eigenvalue weighted by Gasteiger charge is 2.25. The van der Waals surface area contributed by atoms with Crippen LogP contribution in [-0.4, -0.2) is 36.5 Å². The van der Waals surface area contributed by atoms with E-state index in [0.29, 0.717) is 0 Å². The van der Waals surface area contributed by atoms with Gasteiger partial charge in [0.2, 0.25) is 5.91 Å². The van der Waals surface area contributed by atoms with Crippen LogP contribution in [0.2, 0.25) is 0 Å². The molecule has 2 atom stereocenters. The molecule has 0 spiro atoms. The van der Waals surface area contributed by atoms with Crippen molar-refractivity contribution in [3.05, 3.63) is 71.8 Å². The number of hydrogen-bond donors (Lipinski definition) is 2. The van der Waals surface area contributed by atoms with Gasteiger partial charge in [0, 0.05) is 6.42 Å². The zero-order valence-electron chi connectivity index (χ0n) is 15.6. The lowest BCUT2D eigenvalue weighted by Gasteiger charge is -2.20. The Labute approximate surface area is 163 Å². The SMILES string of the molecule is C[C@H](NC(=O)[C@H](Cc1ccccc1)NC(=O)OCc1ccccc1)C(=O)CF. The molecule has 0 aliphatic carbocycles. The van der Waals surface area contributed by atoms with Crippen molar-refractivity contribution < 1.29 is 23.5 Å². The number of ether oxygens (including phenoxy) is 1. The van der Waals surface area contributed by atoms with Gasteiger partial charge in [0.15, 0.2) is 5.78 Å². The smallest absolute Gasteiger partial charge is 0.408 e. The number of benzene rings is 2. The first-order valence-electron chi connectivity index (χ1n) is 8.89. The Hall–Kier alpha value is -3.22. The van der Waals surface area contributed by atoms with E-state index in [9.17, 15) is 18.8 Å². The van der Waals surface area contributed by atoms with Crippen LogP contribution < -0.4 is 10.6 Å². The summed E-state index contributed by atoms with van der Waals surface area (Å²) < 4.78 is 17.7. The maximum absolute atomic E-state index is 12.5. The minimum atomic E-state index is -1.17. The Morgan fingerprint density at radius 1 is 0.929 bits per heavy atom. The molecule has 2 amide bonds. The first-order chi connectivity index (χ1) is 13.5. The van der Waals surface area contributed by atoms with E-state index in [1.807, 2.05) is 60.7 Å². The Kier molecular flexibility index (Phi) is 8.14. The summed E-state index contributed by atoms with van der Waals surface area (Å²) in [5.74, 6) is -1.33. The first-order valence-corrected chi connectivity index (χ1v) is 8.89. The van der Waals surface area contributed by atoms with E-state index < -0.39 is 36.5 Å². The molecule has 2 aromatic carbocycles. The standard InChI is InChI=1S/C21H23FN2O4/c1-15(19(25)13-22)23-20(26)18(12-16-8-4-2-5-9-16)24-21(27)28-14-17-10-6-3-7-11-17/h2-11,15,18H,12-14H2,1H3,(H,23,26)(H,24,27)/t15-,18-/m0/s1. The summed E-state index contributed by atoms with van der Waals surface area (Å²) in [6.45, 7) is 0.285. The van der Waals surface area contributed by atoms with Crippen molar-refractivity contribution in [2.45, 2.75) is 32.0 Å². The molecule has 0 aliphatic heterocycles. The Balaban J connectivity index is 2.01. The predicted octanol–water partition coefficient (Wildman–Crippen LogP) is 2.57. The zero-order chi connectivity index (χ0) is 20.4. The van der Waals surface area contributed by atoms with Crippen molar-refractivity contribution in [2.24, 2.45) is 0 Å². The number of halogens is 1. The number of carbonyl (C=O) groups is 3. The molecular weight excluding hydrogens is 363 g/mol. The van der Waals surface area contributed by atoms with E-state index in [2.05, 4.69) is 10.6 Å². The number of alkyl halides is 1. The summed E-state index contributed by atoms with van der Waals surface area (Å²) in [5.41, 5.74) is 1.62. The molecule has 148 valence electrons. The molecule has 6 nitrogen and oxygen atoms in total. The van der Waals surface area contributed by atoms with Crippen molar-refractivity contribution in [2.75, 3.05) is 6.67 Å². The monoisotopic (exact) mass is 386 g/mol. The van der Waals surface area contributed by atoms with Crippen LogP contribution in [0.3, 0.4) is 0 Å². The lowest BCUT2D eigenvalue weighted by atomic mass is 10.0. The number of carbonyl (C=O) groups excluding carboxylic acids is 3. The van der Waals surface area contributed by atoms with E-state index in [0.717, 1.165) is 11.1 Å². The number of rotatable bonds is 9. The highest BCUT2D eigenvalue weighted by atomic mass is 19.1. The Bertz CT molecular complexity index is 784. The molecule has 0 unspecified atom stereocenters. The minimum Gasteiger partial charge on any atom is -0.445 e. The molecule has 7 heteroatoms. The van der Waals surface area contributed by atoms with Gasteiger partial charge in [-0.3, -0.25) is 9.59 Å². The van der Waals surface area contributed by atoms with Crippen molar-refractivity contribution in [3.8, 4) is 0 Å². The van der Waals surface area contributed by atoms with Crippen molar-refractivity contribution in [1.29, 1.82) is 0 Å². The van der Waals surface area contributed by atoms with Crippen LogP contribution in [0.4, 0.5) is 9.18 Å². The summed E-state index contributed by atoms with van der Waals surface area (Å²) in [6.07, 6.45) is -0.562. The number of amides is 2. The molecule has 0 fully saturated rings. The van der Waals surface area contributed by atoms with Crippen LogP contribution in [0.15, 0.2) is 60.7 Å². The number of Topliss-reactive ketones (excluding diaryl/α,β-unsaturated/α-hetero) is 1. The van der Waals surface area contributed by atoms with Gasteiger partial charge < -0.3 is 15.4 Å². The van der Waals surface area contributed by atoms with Crippen LogP contribution in [0.5, 0.6) is 0 Å². The summed E-state index contributed by atoms with van der Waals surface area (Å²) in [4.78, 5) is 36.1. The second kappa shape index (κ2) is 10.8. The van der Waals surface area contributed by atoms with Crippen molar-refractivity contribution in [3.63, 3.8) is 0 Å². The van der Waals surface area contributed by atoms with Crippen LogP contribution >= 0.6 is 0 Å². The number of nitrogens with one attached hydrogen (secondary N) is 2. The summed E-state index contributed by atoms with van der Waals surface area (Å²) >= 11 is 0. The molecule has 0 bridgehead atoms. The normalized spacial score (nSPS) is 12.5. The summed E-state index contributed by atoms with van der Waals surface area (Å²) in [7, 11) is 0. The first kappa shape index (κ1) is 21.1. The molecule has 0 heterocycles. The third-order valence-electron chi connectivity index (χ3n) is 4.08. The molecule has 0 aliphatic rings. The molecule has 0 aromatic heterocycles. The van der Waals surface area contributed by atoms with Gasteiger partial charge in [-0.05, 0) is 18.1 Å². The molecule has 2 N–H and O–H groups in total. The average molecular weight is 386 g/mol. The van der Waals surface area contributed by atoms with Gasteiger partial charge in [-0.25, -0.2) is 9.18 Å². The third kappa shape index (κ3) is 6.83. The fourth-order valence-electron chi connectivity index (χ4n) is 2.48. The van der Waals surface area contributed by atoms with Crippen molar-refractivity contribution in [1.82, 2.24) is 10.6 Å². The van der Waals surface area contributed by atoms with Gasteiger partial charge in [0.25, 0.3) is 0 Å². The van der Waals surface area contributed by atoms with Crippen LogP contribution in [0.25, 0.3) is 0 Å². The van der Waals surface area contributed by atoms with E-state index in [1.165, 1.54) is 6.92 Å². The lowest BCUT2D eigenvalue weighted by Crippen LogP contribution is -2.52. The fourth-order valence-corrected chi connectivity index (χ4v) is 2.48. The lowest BCUT2D eigenvalue weighted by molar-refractivity contribution is -0.128. The topological polar surface area (TPSA) is 84.5 Å². The van der Waals surface area contributed by atoms with Crippen molar-refractivity contribution >= 4 is 17.8 Å². The van der Waals surface area contributed by atoms with Crippen LogP contribution in [0.1, 0.15) is 18.1 Å². The molecule has 28 heavy (non-hydrogen) atoms. The van der Waals surface area contributed by atoms with E-state index in [1.54, 1.807) is 0 Å². The summed E-state index contributed by atoms with van der Waals surface area (Å²) in [5, 5.41) is 4.95. The van der Waals surface area contributed by atoms with Crippen LogP contribution in [-0.2, 0) is 27.4 Å². The van der Waals surface area contributed by atoms with E-state index in [-0.39, 0.29) is 13.0 Å². The molecule has 2 rings (SSSR count). The molecule has 0 saturated heterocycles. The second-order valence-corrected chi connectivity index (χ2v) is 6.28. The van der Waals surface area contributed by atoms with E-state index >= 15 is 0 Å². The predicted molar refractivity (Wildman–Crippen MR) is 102 cm³/mol. The fraction of sp³-hybridized carbons (Fsp3) is 0.286. The van der Waals surface area contributed by atoms with Gasteiger partial charge in [0.1, 0.15) is 19.3 Å². The Morgan fingerprint density at radius 3 is 2.07 bits per heavy atom. The summed E-state index contributed by atoms with van der Waals surface area (Å²) in [6, 6.07) is 16.3. The zero-order valence-corrected chi connectivity index (χ0v) is 15.6. The van der Waals surface area contributed by atoms with Gasteiger partial charge in [-0.2, -0.15) is 0 Å². The number of alkyl carbamates (subject to hydrolysis) is 1. The minimum absolute atomic E-state index is 0.0586. The molecule has 0 saturated carbocycles. The molecule has 2 aromatic rings. The Morgan fingerprint density at radius 2 is 1.50 bits per heavy atom. The average Bonchev–Trinajstić information content (AvgIpc) is 2.72. The quantitative estimate of drug-likeness (QED) is 0.694. The third-order valence-corrected chi connectivity index (χ3v) is 4.08. The maximum atomic E-state index is 12.5. The van der Waals surface area contributed by atoms with Crippen LogP contribution in [0, 0.1) is 0 Å². The molecular formula is C21H23FN2O4. The number of ketones is 1. The highest BCUT2D eigenvalue weighted by Crippen LogP contribution is 2.06. The van der Waals surface area contributed by atoms with E-state index in [4.69, 9.17) is 4.74 Å². The van der Waals surface area contributed by atoms with Gasteiger partial charge in [-0.1, -0.05) is 60.7 Å².